The van der Waals surface area contributed by atoms with E-state index in [1.807, 2.05) is 6.07 Å². The Balaban J connectivity index is 2.46. The molecule has 0 aromatic carbocycles. The van der Waals surface area contributed by atoms with Gasteiger partial charge in [0.1, 0.15) is 11.6 Å². The van der Waals surface area contributed by atoms with Gasteiger partial charge in [0.15, 0.2) is 5.88 Å². The van der Waals surface area contributed by atoms with E-state index < -0.39 is 5.56 Å². The topological polar surface area (TPSA) is 78.5 Å². The van der Waals surface area contributed by atoms with E-state index >= 15 is 0 Å². The van der Waals surface area contributed by atoms with Crippen molar-refractivity contribution in [2.75, 3.05) is 19.9 Å². The molecule has 1 aromatic rings. The number of ether oxygens (including phenoxy) is 1. The van der Waals surface area contributed by atoms with Crippen molar-refractivity contribution in [3.63, 3.8) is 0 Å². The third-order valence-corrected chi connectivity index (χ3v) is 3.66. The van der Waals surface area contributed by atoms with Gasteiger partial charge in [0, 0.05) is 31.8 Å². The van der Waals surface area contributed by atoms with Crippen LogP contribution in [-0.4, -0.2) is 34.5 Å². The fraction of sp³-hybridized carbons (Fsp3) is 0.571. The second-order valence-electron chi connectivity index (χ2n) is 4.91. The standard InChI is InChI=1S/C14H19N3O3/c1-3-17-13(18)11(7-15)10(2)12(14(17)19)8-16-5-4-6-20-9-16/h19H,3-6,8-9H2,1-2H3. The van der Waals surface area contributed by atoms with Crippen LogP contribution in [0.25, 0.3) is 0 Å². The van der Waals surface area contributed by atoms with Gasteiger partial charge < -0.3 is 9.84 Å². The Hall–Kier alpha value is -1.84. The van der Waals surface area contributed by atoms with E-state index in [1.54, 1.807) is 13.8 Å². The summed E-state index contributed by atoms with van der Waals surface area (Å²) >= 11 is 0. The highest BCUT2D eigenvalue weighted by Crippen LogP contribution is 2.23. The van der Waals surface area contributed by atoms with E-state index in [-0.39, 0.29) is 11.4 Å². The van der Waals surface area contributed by atoms with Gasteiger partial charge >= 0.3 is 0 Å². The second-order valence-corrected chi connectivity index (χ2v) is 4.91. The lowest BCUT2D eigenvalue weighted by atomic mass is 10.0. The first-order chi connectivity index (χ1) is 9.60. The van der Waals surface area contributed by atoms with Gasteiger partial charge in [0.05, 0.1) is 6.73 Å². The van der Waals surface area contributed by atoms with Crippen LogP contribution in [-0.2, 0) is 17.8 Å². The SMILES string of the molecule is CCn1c(O)c(CN2CCCOC2)c(C)c(C#N)c1=O. The number of hydrogen-bond donors (Lipinski definition) is 1. The summed E-state index contributed by atoms with van der Waals surface area (Å²) in [6.07, 6.45) is 0.943. The first-order valence-electron chi connectivity index (χ1n) is 6.75. The van der Waals surface area contributed by atoms with Gasteiger partial charge in [-0.15, -0.1) is 0 Å². The van der Waals surface area contributed by atoms with E-state index in [9.17, 15) is 9.90 Å². The van der Waals surface area contributed by atoms with Crippen molar-refractivity contribution in [2.24, 2.45) is 0 Å². The van der Waals surface area contributed by atoms with Crippen LogP contribution in [0, 0.1) is 18.3 Å². The van der Waals surface area contributed by atoms with Crippen molar-refractivity contribution < 1.29 is 9.84 Å². The lowest BCUT2D eigenvalue weighted by Crippen LogP contribution is -2.34. The van der Waals surface area contributed by atoms with Gasteiger partial charge in [-0.25, -0.2) is 0 Å². The smallest absolute Gasteiger partial charge is 0.271 e. The molecule has 20 heavy (non-hydrogen) atoms. The molecule has 0 saturated carbocycles. The van der Waals surface area contributed by atoms with Crippen LogP contribution in [0.5, 0.6) is 5.88 Å². The Morgan fingerprint density at radius 1 is 1.50 bits per heavy atom. The lowest BCUT2D eigenvalue weighted by Gasteiger charge is -2.27. The van der Waals surface area contributed by atoms with Crippen LogP contribution in [0.1, 0.15) is 30.0 Å². The van der Waals surface area contributed by atoms with E-state index in [2.05, 4.69) is 4.90 Å². The fourth-order valence-corrected chi connectivity index (χ4v) is 2.48. The molecule has 0 radical (unpaired) electrons. The lowest BCUT2D eigenvalue weighted by molar-refractivity contribution is -0.0181. The zero-order valence-electron chi connectivity index (χ0n) is 11.8. The molecular weight excluding hydrogens is 258 g/mol. The van der Waals surface area contributed by atoms with Gasteiger partial charge in [-0.1, -0.05) is 0 Å². The third-order valence-electron chi connectivity index (χ3n) is 3.66. The first-order valence-corrected chi connectivity index (χ1v) is 6.75. The Kier molecular flexibility index (Phi) is 4.42. The van der Waals surface area contributed by atoms with E-state index in [1.165, 1.54) is 4.57 Å². The molecule has 0 spiro atoms. The highest BCUT2D eigenvalue weighted by molar-refractivity contribution is 5.45. The molecule has 1 aliphatic rings. The number of hydrogen-bond acceptors (Lipinski definition) is 5. The average molecular weight is 277 g/mol. The second kappa shape index (κ2) is 6.07. The molecule has 0 aliphatic carbocycles. The van der Waals surface area contributed by atoms with Crippen molar-refractivity contribution in [1.29, 1.82) is 5.26 Å². The van der Waals surface area contributed by atoms with Gasteiger partial charge in [-0.3, -0.25) is 14.3 Å². The molecule has 1 N–H and O–H groups in total. The summed E-state index contributed by atoms with van der Waals surface area (Å²) in [5, 5.41) is 19.4. The van der Waals surface area contributed by atoms with Crippen LogP contribution in [0.3, 0.4) is 0 Å². The summed E-state index contributed by atoms with van der Waals surface area (Å²) in [5.41, 5.74) is 0.875. The first kappa shape index (κ1) is 14.6. The maximum atomic E-state index is 12.1. The van der Waals surface area contributed by atoms with E-state index in [0.29, 0.717) is 30.9 Å². The molecule has 0 unspecified atom stereocenters. The number of nitrogens with zero attached hydrogens (tertiary/aromatic N) is 3. The summed E-state index contributed by atoms with van der Waals surface area (Å²) in [5.74, 6) is -0.0421. The molecule has 1 aliphatic heterocycles. The quantitative estimate of drug-likeness (QED) is 0.889. The Morgan fingerprint density at radius 3 is 2.80 bits per heavy atom. The predicted molar refractivity (Wildman–Crippen MR) is 73.3 cm³/mol. The monoisotopic (exact) mass is 277 g/mol. The largest absolute Gasteiger partial charge is 0.494 e. The van der Waals surface area contributed by atoms with Crippen molar-refractivity contribution in [3.8, 4) is 11.9 Å². The highest BCUT2D eigenvalue weighted by Gasteiger charge is 2.21. The molecule has 0 amide bonds. The van der Waals surface area contributed by atoms with E-state index in [4.69, 9.17) is 10.00 Å². The molecule has 108 valence electrons. The number of nitriles is 1. The van der Waals surface area contributed by atoms with Crippen molar-refractivity contribution in [2.45, 2.75) is 33.4 Å². The van der Waals surface area contributed by atoms with Gasteiger partial charge in [0.2, 0.25) is 0 Å². The summed E-state index contributed by atoms with van der Waals surface area (Å²) in [6.45, 7) is 6.43. The van der Waals surface area contributed by atoms with Crippen molar-refractivity contribution in [1.82, 2.24) is 9.47 Å². The van der Waals surface area contributed by atoms with Crippen LogP contribution < -0.4 is 5.56 Å². The number of pyridine rings is 1. The summed E-state index contributed by atoms with van der Waals surface area (Å²) in [4.78, 5) is 14.1. The summed E-state index contributed by atoms with van der Waals surface area (Å²) < 4.78 is 6.62. The van der Waals surface area contributed by atoms with Gasteiger partial charge in [-0.2, -0.15) is 5.26 Å². The number of rotatable bonds is 3. The zero-order valence-corrected chi connectivity index (χ0v) is 11.8. The minimum absolute atomic E-state index is 0.0421. The number of aromatic hydroxyl groups is 1. The summed E-state index contributed by atoms with van der Waals surface area (Å²) in [6, 6.07) is 1.95. The van der Waals surface area contributed by atoms with E-state index in [0.717, 1.165) is 19.6 Å². The van der Waals surface area contributed by atoms with Crippen molar-refractivity contribution >= 4 is 0 Å². The van der Waals surface area contributed by atoms with Crippen LogP contribution in [0.2, 0.25) is 0 Å². The Labute approximate surface area is 117 Å². The molecule has 1 saturated heterocycles. The number of aromatic nitrogens is 1. The molecular formula is C14H19N3O3. The normalized spacial score (nSPS) is 16.1. The predicted octanol–water partition coefficient (Wildman–Crippen LogP) is 0.934. The fourth-order valence-electron chi connectivity index (χ4n) is 2.48. The Morgan fingerprint density at radius 2 is 2.25 bits per heavy atom. The van der Waals surface area contributed by atoms with Gasteiger partial charge in [-0.05, 0) is 25.8 Å². The van der Waals surface area contributed by atoms with Crippen LogP contribution >= 0.6 is 0 Å². The molecule has 6 heteroatoms. The summed E-state index contributed by atoms with van der Waals surface area (Å²) in [7, 11) is 0. The molecule has 0 atom stereocenters. The maximum absolute atomic E-state index is 12.1. The van der Waals surface area contributed by atoms with Crippen LogP contribution in [0.4, 0.5) is 0 Å². The minimum atomic E-state index is -0.427. The average Bonchev–Trinajstić information content (AvgIpc) is 2.46. The third kappa shape index (κ3) is 2.55. The van der Waals surface area contributed by atoms with Gasteiger partial charge in [0.25, 0.3) is 5.56 Å². The molecule has 0 bridgehead atoms. The molecule has 1 aromatic heterocycles. The zero-order chi connectivity index (χ0) is 14.7. The highest BCUT2D eigenvalue weighted by atomic mass is 16.5. The Bertz CT molecular complexity index is 595. The molecule has 2 rings (SSSR count). The minimum Gasteiger partial charge on any atom is -0.494 e. The molecule has 2 heterocycles. The maximum Gasteiger partial charge on any atom is 0.271 e. The van der Waals surface area contributed by atoms with Crippen LogP contribution in [0.15, 0.2) is 4.79 Å². The molecule has 1 fully saturated rings. The molecule has 6 nitrogen and oxygen atoms in total. The van der Waals surface area contributed by atoms with Crippen molar-refractivity contribution in [3.05, 3.63) is 27.0 Å².